The number of carbonyl (C=O) groups is 1. The number of halogens is 2. The number of hydrogen-bond acceptors (Lipinski definition) is 2. The standard InChI is InChI=1S/C12H15BrClNO2/c1-7(2)3-4-15-11-9(12(16)17)5-8(13)6-10(11)14/h5-7,15H,3-4H2,1-2H3,(H,16,17). The van der Waals surface area contributed by atoms with Gasteiger partial charge >= 0.3 is 5.97 Å². The van der Waals surface area contributed by atoms with Crippen LogP contribution in [0.15, 0.2) is 16.6 Å². The van der Waals surface area contributed by atoms with Crippen molar-refractivity contribution in [3.8, 4) is 0 Å². The minimum absolute atomic E-state index is 0.188. The van der Waals surface area contributed by atoms with Crippen molar-refractivity contribution in [2.75, 3.05) is 11.9 Å². The molecule has 0 heterocycles. The molecule has 0 spiro atoms. The van der Waals surface area contributed by atoms with E-state index in [9.17, 15) is 4.79 Å². The fourth-order valence-electron chi connectivity index (χ4n) is 1.41. The van der Waals surface area contributed by atoms with Crippen LogP contribution in [0.25, 0.3) is 0 Å². The molecule has 0 bridgehead atoms. The third kappa shape index (κ3) is 4.21. The van der Waals surface area contributed by atoms with Gasteiger partial charge in [0.1, 0.15) is 0 Å². The lowest BCUT2D eigenvalue weighted by molar-refractivity contribution is 0.0698. The molecule has 0 atom stereocenters. The van der Waals surface area contributed by atoms with Gasteiger partial charge < -0.3 is 10.4 Å². The van der Waals surface area contributed by atoms with E-state index in [2.05, 4.69) is 35.1 Å². The second kappa shape index (κ2) is 6.26. The normalized spacial score (nSPS) is 10.6. The van der Waals surface area contributed by atoms with Gasteiger partial charge in [-0.2, -0.15) is 0 Å². The summed E-state index contributed by atoms with van der Waals surface area (Å²) in [6.45, 7) is 4.94. The Kier molecular flexibility index (Phi) is 5.28. The Bertz CT molecular complexity index is 421. The first-order valence-electron chi connectivity index (χ1n) is 5.38. The van der Waals surface area contributed by atoms with E-state index in [0.717, 1.165) is 6.42 Å². The van der Waals surface area contributed by atoms with Crippen LogP contribution >= 0.6 is 27.5 Å². The first-order chi connectivity index (χ1) is 7.91. The van der Waals surface area contributed by atoms with E-state index in [-0.39, 0.29) is 5.56 Å². The summed E-state index contributed by atoms with van der Waals surface area (Å²) >= 11 is 9.27. The van der Waals surface area contributed by atoms with E-state index >= 15 is 0 Å². The van der Waals surface area contributed by atoms with Gasteiger partial charge in [0.15, 0.2) is 0 Å². The fraction of sp³-hybridized carbons (Fsp3) is 0.417. The molecule has 0 aliphatic rings. The highest BCUT2D eigenvalue weighted by molar-refractivity contribution is 9.10. The molecule has 1 aromatic rings. The maximum Gasteiger partial charge on any atom is 0.337 e. The largest absolute Gasteiger partial charge is 0.478 e. The zero-order valence-corrected chi connectivity index (χ0v) is 12.1. The number of rotatable bonds is 5. The summed E-state index contributed by atoms with van der Waals surface area (Å²) in [5.41, 5.74) is 0.677. The van der Waals surface area contributed by atoms with Gasteiger partial charge in [-0.25, -0.2) is 4.79 Å². The third-order valence-electron chi connectivity index (χ3n) is 2.31. The van der Waals surface area contributed by atoms with Gasteiger partial charge in [-0.05, 0) is 24.5 Å². The molecule has 0 amide bonds. The summed E-state index contributed by atoms with van der Waals surface area (Å²) in [7, 11) is 0. The Balaban J connectivity index is 2.92. The summed E-state index contributed by atoms with van der Waals surface area (Å²) in [6, 6.07) is 3.23. The van der Waals surface area contributed by atoms with Crippen molar-refractivity contribution in [2.45, 2.75) is 20.3 Å². The highest BCUT2D eigenvalue weighted by Gasteiger charge is 2.14. The van der Waals surface area contributed by atoms with E-state index in [1.54, 1.807) is 12.1 Å². The van der Waals surface area contributed by atoms with E-state index in [1.165, 1.54) is 0 Å². The van der Waals surface area contributed by atoms with Crippen molar-refractivity contribution < 1.29 is 9.90 Å². The van der Waals surface area contributed by atoms with Crippen molar-refractivity contribution in [2.24, 2.45) is 5.92 Å². The van der Waals surface area contributed by atoms with Crippen LogP contribution in [0.1, 0.15) is 30.6 Å². The molecule has 17 heavy (non-hydrogen) atoms. The summed E-state index contributed by atoms with van der Waals surface area (Å²) in [5, 5.41) is 12.6. The van der Waals surface area contributed by atoms with Gasteiger partial charge in [0.05, 0.1) is 16.3 Å². The molecular weight excluding hydrogens is 305 g/mol. The fourth-order valence-corrected chi connectivity index (χ4v) is 2.28. The van der Waals surface area contributed by atoms with E-state index < -0.39 is 5.97 Å². The Morgan fingerprint density at radius 3 is 2.71 bits per heavy atom. The predicted molar refractivity (Wildman–Crippen MR) is 74.1 cm³/mol. The van der Waals surface area contributed by atoms with Crippen LogP contribution in [-0.2, 0) is 0 Å². The van der Waals surface area contributed by atoms with E-state index in [1.807, 2.05) is 0 Å². The molecular formula is C12H15BrClNO2. The molecule has 0 saturated heterocycles. The summed E-state index contributed by atoms with van der Waals surface area (Å²) in [5.74, 6) is -0.426. The number of anilines is 1. The van der Waals surface area contributed by atoms with Crippen LogP contribution in [0, 0.1) is 5.92 Å². The second-order valence-electron chi connectivity index (χ2n) is 4.22. The van der Waals surface area contributed by atoms with Crippen molar-refractivity contribution in [3.05, 3.63) is 27.2 Å². The van der Waals surface area contributed by atoms with Gasteiger partial charge in [0, 0.05) is 11.0 Å². The summed E-state index contributed by atoms with van der Waals surface area (Å²) < 4.78 is 0.661. The van der Waals surface area contributed by atoms with Gasteiger partial charge in [-0.1, -0.05) is 41.4 Å². The topological polar surface area (TPSA) is 49.3 Å². The lowest BCUT2D eigenvalue weighted by Gasteiger charge is -2.13. The van der Waals surface area contributed by atoms with Crippen molar-refractivity contribution in [1.82, 2.24) is 0 Å². The molecule has 1 aromatic carbocycles. The minimum atomic E-state index is -0.986. The van der Waals surface area contributed by atoms with Crippen molar-refractivity contribution >= 4 is 39.2 Å². The molecule has 0 fully saturated rings. The van der Waals surface area contributed by atoms with Crippen LogP contribution < -0.4 is 5.32 Å². The first kappa shape index (κ1) is 14.3. The van der Waals surface area contributed by atoms with Crippen LogP contribution in [0.2, 0.25) is 5.02 Å². The SMILES string of the molecule is CC(C)CCNc1c(Cl)cc(Br)cc1C(=O)O. The first-order valence-corrected chi connectivity index (χ1v) is 6.55. The van der Waals surface area contributed by atoms with E-state index in [4.69, 9.17) is 16.7 Å². The van der Waals surface area contributed by atoms with Gasteiger partial charge in [-0.15, -0.1) is 0 Å². The molecule has 0 aromatic heterocycles. The summed E-state index contributed by atoms with van der Waals surface area (Å²) in [4.78, 5) is 11.1. The number of carboxylic acid groups (broad SMARTS) is 1. The average Bonchev–Trinajstić information content (AvgIpc) is 2.19. The average molecular weight is 321 g/mol. The van der Waals surface area contributed by atoms with Crippen LogP contribution in [0.5, 0.6) is 0 Å². The number of nitrogens with one attached hydrogen (secondary N) is 1. The molecule has 0 radical (unpaired) electrons. The summed E-state index contributed by atoms with van der Waals surface area (Å²) in [6.07, 6.45) is 0.964. The maximum atomic E-state index is 11.1. The quantitative estimate of drug-likeness (QED) is 0.852. The number of benzene rings is 1. The van der Waals surface area contributed by atoms with Gasteiger partial charge in [0.25, 0.3) is 0 Å². The highest BCUT2D eigenvalue weighted by atomic mass is 79.9. The molecule has 2 N–H and O–H groups in total. The second-order valence-corrected chi connectivity index (χ2v) is 5.55. The number of carboxylic acids is 1. The molecule has 5 heteroatoms. The van der Waals surface area contributed by atoms with Gasteiger partial charge in [-0.3, -0.25) is 0 Å². The lowest BCUT2D eigenvalue weighted by Crippen LogP contribution is -2.10. The Morgan fingerprint density at radius 2 is 2.18 bits per heavy atom. The smallest absolute Gasteiger partial charge is 0.337 e. The monoisotopic (exact) mass is 319 g/mol. The maximum absolute atomic E-state index is 11.1. The van der Waals surface area contributed by atoms with Crippen molar-refractivity contribution in [1.29, 1.82) is 0 Å². The van der Waals surface area contributed by atoms with Crippen LogP contribution in [0.4, 0.5) is 5.69 Å². The highest BCUT2D eigenvalue weighted by Crippen LogP contribution is 2.30. The Labute approximate surface area is 114 Å². The number of hydrogen-bond donors (Lipinski definition) is 2. The molecule has 0 aliphatic carbocycles. The molecule has 94 valence electrons. The zero-order chi connectivity index (χ0) is 13.0. The Hall–Kier alpha value is -0.740. The molecule has 0 unspecified atom stereocenters. The molecule has 1 rings (SSSR count). The van der Waals surface area contributed by atoms with Crippen LogP contribution in [0.3, 0.4) is 0 Å². The van der Waals surface area contributed by atoms with Crippen LogP contribution in [-0.4, -0.2) is 17.6 Å². The Morgan fingerprint density at radius 1 is 1.53 bits per heavy atom. The predicted octanol–water partition coefficient (Wildman–Crippen LogP) is 4.26. The lowest BCUT2D eigenvalue weighted by atomic mass is 10.1. The molecule has 0 aliphatic heterocycles. The minimum Gasteiger partial charge on any atom is -0.478 e. The zero-order valence-electron chi connectivity index (χ0n) is 9.76. The molecule has 3 nitrogen and oxygen atoms in total. The van der Waals surface area contributed by atoms with Gasteiger partial charge in [0.2, 0.25) is 0 Å². The molecule has 0 saturated carbocycles. The third-order valence-corrected chi connectivity index (χ3v) is 3.06. The number of aromatic carboxylic acids is 1. The van der Waals surface area contributed by atoms with E-state index in [0.29, 0.717) is 27.6 Å². The van der Waals surface area contributed by atoms with Crippen molar-refractivity contribution in [3.63, 3.8) is 0 Å².